The predicted octanol–water partition coefficient (Wildman–Crippen LogP) is 5.01. The number of rotatable bonds is 4. The largest absolute Gasteiger partial charge is 0.370 e. The van der Waals surface area contributed by atoms with Gasteiger partial charge < -0.3 is 5.32 Å². The van der Waals surface area contributed by atoms with Crippen molar-refractivity contribution < 1.29 is 0 Å². The summed E-state index contributed by atoms with van der Waals surface area (Å²) in [5.41, 5.74) is 1.48. The van der Waals surface area contributed by atoms with E-state index in [9.17, 15) is 0 Å². The fourth-order valence-corrected chi connectivity index (χ4v) is 3.17. The highest BCUT2D eigenvalue weighted by molar-refractivity contribution is 5.36. The molecule has 20 heavy (non-hydrogen) atoms. The Morgan fingerprint density at radius 1 is 1.25 bits per heavy atom. The maximum Gasteiger partial charge on any atom is 0.125 e. The van der Waals surface area contributed by atoms with Crippen LogP contribution in [0.5, 0.6) is 0 Å². The molecule has 1 aliphatic rings. The van der Waals surface area contributed by atoms with E-state index in [4.69, 9.17) is 0 Å². The molecule has 0 spiro atoms. The first-order valence-corrected chi connectivity index (χ1v) is 8.15. The minimum Gasteiger partial charge on any atom is -0.370 e. The molecule has 112 valence electrons. The maximum atomic E-state index is 4.53. The fraction of sp³-hybridized carbons (Fsp3) is 0.722. The van der Waals surface area contributed by atoms with Crippen LogP contribution in [0.2, 0.25) is 0 Å². The van der Waals surface area contributed by atoms with Crippen LogP contribution < -0.4 is 5.32 Å². The molecule has 0 saturated heterocycles. The van der Waals surface area contributed by atoms with Crippen molar-refractivity contribution >= 4 is 5.82 Å². The second-order valence-corrected chi connectivity index (χ2v) is 7.54. The fourth-order valence-electron chi connectivity index (χ4n) is 3.17. The van der Waals surface area contributed by atoms with Crippen molar-refractivity contribution in [1.82, 2.24) is 4.98 Å². The Balaban J connectivity index is 1.77. The highest BCUT2D eigenvalue weighted by Crippen LogP contribution is 2.30. The lowest BCUT2D eigenvalue weighted by Crippen LogP contribution is -2.17. The zero-order valence-corrected chi connectivity index (χ0v) is 13.6. The van der Waals surface area contributed by atoms with Gasteiger partial charge in [-0.1, -0.05) is 53.0 Å². The molecule has 2 nitrogen and oxygen atoms in total. The van der Waals surface area contributed by atoms with Gasteiger partial charge in [0.05, 0.1) is 0 Å². The summed E-state index contributed by atoms with van der Waals surface area (Å²) in [4.78, 5) is 4.53. The number of hydrogen-bond acceptors (Lipinski definition) is 2. The number of nitrogens with zero attached hydrogens (tertiary/aromatic N) is 1. The molecule has 0 aromatic carbocycles. The summed E-state index contributed by atoms with van der Waals surface area (Å²) in [5.74, 6) is 2.86. The predicted molar refractivity (Wildman–Crippen MR) is 87.2 cm³/mol. The molecule has 0 aliphatic heterocycles. The number of aromatic nitrogens is 1. The minimum atomic E-state index is 0.184. The van der Waals surface area contributed by atoms with Gasteiger partial charge in [-0.25, -0.2) is 4.98 Å². The SMILES string of the molecule is CC1CCCC(CCNc2ccc(C(C)(C)C)cn2)C1. The summed E-state index contributed by atoms with van der Waals surface area (Å²) >= 11 is 0. The number of hydrogen-bond donors (Lipinski definition) is 1. The van der Waals surface area contributed by atoms with Crippen LogP contribution in [0, 0.1) is 11.8 Å². The summed E-state index contributed by atoms with van der Waals surface area (Å²) in [6.45, 7) is 10.1. The Hall–Kier alpha value is -1.05. The van der Waals surface area contributed by atoms with Crippen LogP contribution in [0.3, 0.4) is 0 Å². The topological polar surface area (TPSA) is 24.9 Å². The minimum absolute atomic E-state index is 0.184. The Bertz CT molecular complexity index is 402. The van der Waals surface area contributed by atoms with Crippen LogP contribution >= 0.6 is 0 Å². The summed E-state index contributed by atoms with van der Waals surface area (Å²) in [6, 6.07) is 4.31. The molecule has 2 unspecified atom stereocenters. The van der Waals surface area contributed by atoms with E-state index >= 15 is 0 Å². The lowest BCUT2D eigenvalue weighted by atomic mass is 9.81. The van der Waals surface area contributed by atoms with Gasteiger partial charge in [0.25, 0.3) is 0 Å². The quantitative estimate of drug-likeness (QED) is 0.835. The Morgan fingerprint density at radius 2 is 2.05 bits per heavy atom. The Morgan fingerprint density at radius 3 is 2.65 bits per heavy atom. The molecule has 0 amide bonds. The molecule has 1 saturated carbocycles. The van der Waals surface area contributed by atoms with E-state index < -0.39 is 0 Å². The van der Waals surface area contributed by atoms with Gasteiger partial charge in [-0.05, 0) is 41.7 Å². The van der Waals surface area contributed by atoms with Crippen molar-refractivity contribution in [2.75, 3.05) is 11.9 Å². The molecular formula is C18H30N2. The molecule has 1 N–H and O–H groups in total. The lowest BCUT2D eigenvalue weighted by Gasteiger charge is -2.26. The number of pyridine rings is 1. The maximum absolute atomic E-state index is 4.53. The van der Waals surface area contributed by atoms with Crippen LogP contribution in [0.25, 0.3) is 0 Å². The van der Waals surface area contributed by atoms with Crippen molar-refractivity contribution in [3.05, 3.63) is 23.9 Å². The number of anilines is 1. The molecule has 2 heteroatoms. The second-order valence-electron chi connectivity index (χ2n) is 7.54. The lowest BCUT2D eigenvalue weighted by molar-refractivity contribution is 0.274. The van der Waals surface area contributed by atoms with Gasteiger partial charge in [0.1, 0.15) is 5.82 Å². The molecule has 1 aromatic heterocycles. The third-order valence-corrected chi connectivity index (χ3v) is 4.53. The van der Waals surface area contributed by atoms with Crippen molar-refractivity contribution in [1.29, 1.82) is 0 Å². The molecular weight excluding hydrogens is 244 g/mol. The van der Waals surface area contributed by atoms with Crippen LogP contribution in [0.1, 0.15) is 65.4 Å². The van der Waals surface area contributed by atoms with Crippen molar-refractivity contribution in [3.8, 4) is 0 Å². The first-order chi connectivity index (χ1) is 9.45. The first kappa shape index (κ1) is 15.3. The highest BCUT2D eigenvalue weighted by Gasteiger charge is 2.18. The average Bonchev–Trinajstić information content (AvgIpc) is 2.38. The van der Waals surface area contributed by atoms with Gasteiger partial charge in [0, 0.05) is 12.7 Å². The average molecular weight is 274 g/mol. The van der Waals surface area contributed by atoms with E-state index in [2.05, 4.69) is 50.1 Å². The van der Waals surface area contributed by atoms with Gasteiger partial charge in [-0.15, -0.1) is 0 Å². The zero-order chi connectivity index (χ0) is 14.6. The van der Waals surface area contributed by atoms with Crippen LogP contribution in [-0.4, -0.2) is 11.5 Å². The van der Waals surface area contributed by atoms with Crippen molar-refractivity contribution in [3.63, 3.8) is 0 Å². The summed E-state index contributed by atoms with van der Waals surface area (Å²) in [7, 11) is 0. The number of nitrogens with one attached hydrogen (secondary N) is 1. The molecule has 2 atom stereocenters. The van der Waals surface area contributed by atoms with Gasteiger partial charge in [-0.3, -0.25) is 0 Å². The van der Waals surface area contributed by atoms with Crippen molar-refractivity contribution in [2.45, 2.75) is 65.2 Å². The third-order valence-electron chi connectivity index (χ3n) is 4.53. The summed E-state index contributed by atoms with van der Waals surface area (Å²) in [5, 5.41) is 3.47. The van der Waals surface area contributed by atoms with E-state index in [1.54, 1.807) is 0 Å². The summed E-state index contributed by atoms with van der Waals surface area (Å²) < 4.78 is 0. The van der Waals surface area contributed by atoms with Crippen LogP contribution in [0.15, 0.2) is 18.3 Å². The summed E-state index contributed by atoms with van der Waals surface area (Å²) in [6.07, 6.45) is 8.97. The monoisotopic (exact) mass is 274 g/mol. The molecule has 1 aliphatic carbocycles. The van der Waals surface area contributed by atoms with E-state index in [0.29, 0.717) is 0 Å². The van der Waals surface area contributed by atoms with Gasteiger partial charge in [0.2, 0.25) is 0 Å². The molecule has 0 radical (unpaired) electrons. The Labute approximate surface area is 124 Å². The van der Waals surface area contributed by atoms with Gasteiger partial charge in [0.15, 0.2) is 0 Å². The molecule has 0 bridgehead atoms. The van der Waals surface area contributed by atoms with Crippen molar-refractivity contribution in [2.24, 2.45) is 11.8 Å². The third kappa shape index (κ3) is 4.50. The van der Waals surface area contributed by atoms with E-state index in [-0.39, 0.29) is 5.41 Å². The van der Waals surface area contributed by atoms with Crippen LogP contribution in [-0.2, 0) is 5.41 Å². The molecule has 2 rings (SSSR count). The molecule has 1 fully saturated rings. The first-order valence-electron chi connectivity index (χ1n) is 8.15. The smallest absolute Gasteiger partial charge is 0.125 e. The van der Waals surface area contributed by atoms with E-state index in [1.165, 1.54) is 37.7 Å². The normalized spacial score (nSPS) is 23.6. The van der Waals surface area contributed by atoms with Gasteiger partial charge >= 0.3 is 0 Å². The second kappa shape index (κ2) is 6.60. The Kier molecular flexibility index (Phi) is 5.06. The molecule has 1 aromatic rings. The van der Waals surface area contributed by atoms with Crippen LogP contribution in [0.4, 0.5) is 5.82 Å². The standard InChI is InChI=1S/C18H30N2/c1-14-6-5-7-15(12-14)10-11-19-17-9-8-16(13-20-17)18(2,3)4/h8-9,13-15H,5-7,10-12H2,1-4H3,(H,19,20). The van der Waals surface area contributed by atoms with E-state index in [0.717, 1.165) is 24.2 Å². The van der Waals surface area contributed by atoms with Gasteiger partial charge in [-0.2, -0.15) is 0 Å². The zero-order valence-electron chi connectivity index (χ0n) is 13.6. The van der Waals surface area contributed by atoms with E-state index in [1.807, 2.05) is 6.20 Å². The molecule has 1 heterocycles. The highest BCUT2D eigenvalue weighted by atomic mass is 15.0.